The summed E-state index contributed by atoms with van der Waals surface area (Å²) in [5, 5.41) is 0. The molecular formula is C27H27NO4. The molecule has 0 radical (unpaired) electrons. The normalized spacial score (nSPS) is 14.2. The smallest absolute Gasteiger partial charge is 0.410 e. The second-order valence-corrected chi connectivity index (χ2v) is 7.94. The van der Waals surface area contributed by atoms with Gasteiger partial charge in [0, 0.05) is 13.1 Å². The van der Waals surface area contributed by atoms with E-state index in [4.69, 9.17) is 9.47 Å². The molecule has 1 saturated heterocycles. The maximum atomic E-state index is 13.0. The summed E-state index contributed by atoms with van der Waals surface area (Å²) in [4.78, 5) is 27.0. The quantitative estimate of drug-likeness (QED) is 0.495. The van der Waals surface area contributed by atoms with Crippen LogP contribution in [0, 0.1) is 5.92 Å². The van der Waals surface area contributed by atoms with Crippen LogP contribution >= 0.6 is 0 Å². The van der Waals surface area contributed by atoms with Crippen LogP contribution in [0.25, 0.3) is 0 Å². The third kappa shape index (κ3) is 5.55. The Hall–Kier alpha value is -3.60. The monoisotopic (exact) mass is 429 g/mol. The molecule has 1 fully saturated rings. The van der Waals surface area contributed by atoms with Crippen molar-refractivity contribution in [2.45, 2.75) is 25.6 Å². The van der Waals surface area contributed by atoms with E-state index in [9.17, 15) is 9.59 Å². The average Bonchev–Trinajstić information content (AvgIpc) is 2.87. The van der Waals surface area contributed by atoms with Gasteiger partial charge >= 0.3 is 12.1 Å². The lowest BCUT2D eigenvalue weighted by molar-refractivity contribution is -0.154. The molecule has 3 aromatic carbocycles. The van der Waals surface area contributed by atoms with Gasteiger partial charge in [0.25, 0.3) is 0 Å². The van der Waals surface area contributed by atoms with Crippen molar-refractivity contribution in [3.8, 4) is 0 Å². The Morgan fingerprint density at radius 1 is 0.781 bits per heavy atom. The minimum absolute atomic E-state index is 0.222. The molecule has 1 aliphatic rings. The van der Waals surface area contributed by atoms with Crippen molar-refractivity contribution in [2.75, 3.05) is 13.1 Å². The molecule has 0 unspecified atom stereocenters. The van der Waals surface area contributed by atoms with Gasteiger partial charge in [-0.2, -0.15) is 0 Å². The van der Waals surface area contributed by atoms with Crippen molar-refractivity contribution in [3.05, 3.63) is 108 Å². The van der Waals surface area contributed by atoms with Gasteiger partial charge in [0.05, 0.1) is 5.92 Å². The second-order valence-electron chi connectivity index (χ2n) is 7.94. The SMILES string of the molecule is O=C(OC(c1ccccc1)c1ccccc1)C1CCN(C(=O)OCc2ccccc2)CC1. The number of likely N-dealkylation sites (tertiary alicyclic amines) is 1. The van der Waals surface area contributed by atoms with Crippen molar-refractivity contribution in [3.63, 3.8) is 0 Å². The number of amides is 1. The van der Waals surface area contributed by atoms with Crippen LogP contribution in [0.4, 0.5) is 4.79 Å². The lowest BCUT2D eigenvalue weighted by atomic mass is 9.96. The Morgan fingerprint density at radius 3 is 1.81 bits per heavy atom. The maximum absolute atomic E-state index is 13.0. The van der Waals surface area contributed by atoms with Crippen molar-refractivity contribution in [2.24, 2.45) is 5.92 Å². The van der Waals surface area contributed by atoms with E-state index < -0.39 is 6.10 Å². The first-order valence-electron chi connectivity index (χ1n) is 11.0. The molecule has 4 rings (SSSR count). The van der Waals surface area contributed by atoms with E-state index in [1.165, 1.54) is 0 Å². The number of rotatable bonds is 6. The first-order valence-corrected chi connectivity index (χ1v) is 11.0. The fourth-order valence-electron chi connectivity index (χ4n) is 3.90. The number of hydrogen-bond donors (Lipinski definition) is 0. The molecule has 0 bridgehead atoms. The highest BCUT2D eigenvalue weighted by molar-refractivity contribution is 5.74. The van der Waals surface area contributed by atoms with Crippen LogP contribution in [0.3, 0.4) is 0 Å². The van der Waals surface area contributed by atoms with Crippen LogP contribution in [0.5, 0.6) is 0 Å². The first kappa shape index (κ1) is 21.6. The summed E-state index contributed by atoms with van der Waals surface area (Å²) in [6, 6.07) is 29.1. The van der Waals surface area contributed by atoms with Gasteiger partial charge in [-0.1, -0.05) is 91.0 Å². The largest absolute Gasteiger partial charge is 0.452 e. The van der Waals surface area contributed by atoms with Crippen LogP contribution in [-0.2, 0) is 20.9 Å². The molecule has 0 aliphatic carbocycles. The van der Waals surface area contributed by atoms with E-state index in [0.717, 1.165) is 16.7 Å². The Morgan fingerprint density at radius 2 is 1.28 bits per heavy atom. The Bertz CT molecular complexity index is 960. The van der Waals surface area contributed by atoms with Crippen LogP contribution in [0.1, 0.15) is 35.6 Å². The van der Waals surface area contributed by atoms with Crippen molar-refractivity contribution in [1.82, 2.24) is 4.90 Å². The fraction of sp³-hybridized carbons (Fsp3) is 0.259. The van der Waals surface area contributed by atoms with Crippen LogP contribution in [-0.4, -0.2) is 30.1 Å². The molecule has 3 aromatic rings. The summed E-state index contributed by atoms with van der Waals surface area (Å²) in [5.74, 6) is -0.455. The lowest BCUT2D eigenvalue weighted by Crippen LogP contribution is -2.41. The van der Waals surface area contributed by atoms with Crippen molar-refractivity contribution < 1.29 is 19.1 Å². The van der Waals surface area contributed by atoms with Gasteiger partial charge in [0.2, 0.25) is 0 Å². The molecular weight excluding hydrogens is 402 g/mol. The molecule has 5 heteroatoms. The topological polar surface area (TPSA) is 55.8 Å². The standard InChI is InChI=1S/C27H27NO4/c29-26(32-25(22-12-6-2-7-13-22)23-14-8-3-9-15-23)24-16-18-28(19-17-24)27(30)31-20-21-10-4-1-5-11-21/h1-15,24-25H,16-20H2. The van der Waals surface area contributed by atoms with Crippen molar-refractivity contribution >= 4 is 12.1 Å². The molecule has 0 atom stereocenters. The molecule has 164 valence electrons. The number of ether oxygens (including phenoxy) is 2. The Kier molecular flexibility index (Phi) is 7.18. The highest BCUT2D eigenvalue weighted by atomic mass is 16.6. The Labute approximate surface area is 188 Å². The zero-order valence-corrected chi connectivity index (χ0v) is 17.9. The molecule has 0 N–H and O–H groups in total. The van der Waals surface area contributed by atoms with Gasteiger partial charge in [-0.15, -0.1) is 0 Å². The van der Waals surface area contributed by atoms with Crippen LogP contribution in [0.2, 0.25) is 0 Å². The first-order chi connectivity index (χ1) is 15.7. The van der Waals surface area contributed by atoms with Crippen LogP contribution in [0.15, 0.2) is 91.0 Å². The molecule has 1 heterocycles. The van der Waals surface area contributed by atoms with E-state index in [2.05, 4.69) is 0 Å². The van der Waals surface area contributed by atoms with E-state index >= 15 is 0 Å². The lowest BCUT2D eigenvalue weighted by Gasteiger charge is -2.31. The van der Waals surface area contributed by atoms with E-state index in [0.29, 0.717) is 25.9 Å². The summed E-state index contributed by atoms with van der Waals surface area (Å²) in [7, 11) is 0. The fourth-order valence-corrected chi connectivity index (χ4v) is 3.90. The molecule has 5 nitrogen and oxygen atoms in total. The van der Waals surface area contributed by atoms with Gasteiger partial charge in [-0.25, -0.2) is 4.79 Å². The number of hydrogen-bond acceptors (Lipinski definition) is 4. The minimum Gasteiger partial charge on any atom is -0.452 e. The maximum Gasteiger partial charge on any atom is 0.410 e. The number of esters is 1. The molecule has 32 heavy (non-hydrogen) atoms. The predicted octanol–water partition coefficient (Wildman–Crippen LogP) is 5.37. The molecule has 0 aromatic heterocycles. The average molecular weight is 430 g/mol. The number of piperidine rings is 1. The summed E-state index contributed by atoms with van der Waals surface area (Å²) in [5.41, 5.74) is 2.83. The second kappa shape index (κ2) is 10.6. The van der Waals surface area contributed by atoms with Gasteiger partial charge in [0.1, 0.15) is 6.61 Å². The summed E-state index contributed by atoms with van der Waals surface area (Å²) in [6.07, 6.45) is 0.344. The number of benzene rings is 3. The van der Waals surface area contributed by atoms with Gasteiger partial charge < -0.3 is 14.4 Å². The zero-order chi connectivity index (χ0) is 22.2. The van der Waals surface area contributed by atoms with E-state index in [1.807, 2.05) is 91.0 Å². The van der Waals surface area contributed by atoms with Gasteiger partial charge in [0.15, 0.2) is 6.10 Å². The predicted molar refractivity (Wildman–Crippen MR) is 122 cm³/mol. The Balaban J connectivity index is 1.32. The number of nitrogens with zero attached hydrogens (tertiary/aromatic N) is 1. The van der Waals surface area contributed by atoms with Crippen LogP contribution < -0.4 is 0 Å². The zero-order valence-electron chi connectivity index (χ0n) is 17.9. The summed E-state index contributed by atoms with van der Waals surface area (Å²) >= 11 is 0. The molecule has 1 aliphatic heterocycles. The third-order valence-electron chi connectivity index (χ3n) is 5.73. The third-order valence-corrected chi connectivity index (χ3v) is 5.73. The van der Waals surface area contributed by atoms with Gasteiger partial charge in [-0.05, 0) is 29.5 Å². The number of carbonyl (C=O) groups excluding carboxylic acids is 2. The number of carbonyl (C=O) groups is 2. The molecule has 1 amide bonds. The van der Waals surface area contributed by atoms with E-state index in [-0.39, 0.29) is 24.6 Å². The minimum atomic E-state index is -0.446. The summed E-state index contributed by atoms with van der Waals surface area (Å²) < 4.78 is 11.4. The molecule has 0 saturated carbocycles. The van der Waals surface area contributed by atoms with E-state index in [1.54, 1.807) is 4.90 Å². The highest BCUT2D eigenvalue weighted by Crippen LogP contribution is 2.29. The van der Waals surface area contributed by atoms with Gasteiger partial charge in [-0.3, -0.25) is 4.79 Å². The highest BCUT2D eigenvalue weighted by Gasteiger charge is 2.31. The summed E-state index contributed by atoms with van der Waals surface area (Å²) in [6.45, 7) is 1.21. The molecule has 0 spiro atoms. The van der Waals surface area contributed by atoms with Crippen molar-refractivity contribution in [1.29, 1.82) is 0 Å².